The molecule has 4 nitrogen and oxygen atoms in total. The first-order valence-electron chi connectivity index (χ1n) is 3.82. The van der Waals surface area contributed by atoms with E-state index in [0.717, 1.165) is 0 Å². The molecule has 1 rings (SSSR count). The topological polar surface area (TPSA) is 66.8 Å². The number of carboxylic acid groups (broad SMARTS) is 1. The van der Waals surface area contributed by atoms with E-state index in [2.05, 4.69) is 15.9 Å². The summed E-state index contributed by atoms with van der Waals surface area (Å²) in [5.41, 5.74) is 0.510. The quantitative estimate of drug-likeness (QED) is 0.870. The summed E-state index contributed by atoms with van der Waals surface area (Å²) in [4.78, 5) is 10.5. The van der Waals surface area contributed by atoms with Gasteiger partial charge in [0.05, 0.1) is 18.0 Å². The second kappa shape index (κ2) is 4.32. The predicted molar refractivity (Wildman–Crippen MR) is 53.7 cm³/mol. The van der Waals surface area contributed by atoms with Crippen molar-refractivity contribution >= 4 is 21.9 Å². The SMILES string of the molecule is COc1ccc(CC(=O)O)c(Br)c1O. The molecule has 0 bridgehead atoms. The van der Waals surface area contributed by atoms with Crippen LogP contribution in [-0.4, -0.2) is 23.3 Å². The highest BCUT2D eigenvalue weighted by atomic mass is 79.9. The molecule has 0 unspecified atom stereocenters. The van der Waals surface area contributed by atoms with Gasteiger partial charge in [0.1, 0.15) is 0 Å². The Balaban J connectivity index is 3.10. The molecular weight excluding hydrogens is 252 g/mol. The van der Waals surface area contributed by atoms with Gasteiger partial charge in [-0.25, -0.2) is 0 Å². The molecule has 0 aromatic heterocycles. The number of benzene rings is 1. The normalized spacial score (nSPS) is 9.86. The number of phenolic OH excluding ortho intramolecular Hbond substituents is 1. The van der Waals surface area contributed by atoms with Gasteiger partial charge in [-0.2, -0.15) is 0 Å². The van der Waals surface area contributed by atoms with E-state index < -0.39 is 5.97 Å². The fourth-order valence-electron chi connectivity index (χ4n) is 1.05. The minimum absolute atomic E-state index is 0.0775. The average Bonchev–Trinajstić information content (AvgIpc) is 2.13. The van der Waals surface area contributed by atoms with E-state index in [1.807, 2.05) is 0 Å². The Kier molecular flexibility index (Phi) is 3.35. The predicted octanol–water partition coefficient (Wildman–Crippen LogP) is 1.79. The lowest BCUT2D eigenvalue weighted by Crippen LogP contribution is -2.01. The summed E-state index contributed by atoms with van der Waals surface area (Å²) in [5.74, 6) is -0.715. The molecule has 0 aliphatic rings. The lowest BCUT2D eigenvalue weighted by atomic mass is 10.1. The van der Waals surface area contributed by atoms with Gasteiger partial charge in [0.15, 0.2) is 11.5 Å². The fraction of sp³-hybridized carbons (Fsp3) is 0.222. The Morgan fingerprint density at radius 2 is 2.21 bits per heavy atom. The highest BCUT2D eigenvalue weighted by molar-refractivity contribution is 9.10. The van der Waals surface area contributed by atoms with Gasteiger partial charge in [0, 0.05) is 0 Å². The number of phenols is 1. The maximum atomic E-state index is 10.5. The zero-order valence-corrected chi connectivity index (χ0v) is 9.04. The van der Waals surface area contributed by atoms with Crippen molar-refractivity contribution in [2.45, 2.75) is 6.42 Å². The number of hydrogen-bond donors (Lipinski definition) is 2. The molecule has 1 aromatic rings. The van der Waals surface area contributed by atoms with Crippen molar-refractivity contribution in [1.29, 1.82) is 0 Å². The molecule has 1 aromatic carbocycles. The van der Waals surface area contributed by atoms with Crippen LogP contribution in [0, 0.1) is 0 Å². The maximum absolute atomic E-state index is 10.5. The molecule has 0 aliphatic carbocycles. The molecule has 0 fully saturated rings. The number of rotatable bonds is 3. The number of halogens is 1. The Hall–Kier alpha value is -1.23. The van der Waals surface area contributed by atoms with E-state index in [0.29, 0.717) is 15.8 Å². The third kappa shape index (κ3) is 2.17. The van der Waals surface area contributed by atoms with Crippen molar-refractivity contribution in [1.82, 2.24) is 0 Å². The zero-order chi connectivity index (χ0) is 10.7. The minimum Gasteiger partial charge on any atom is -0.503 e. The van der Waals surface area contributed by atoms with Gasteiger partial charge in [0.25, 0.3) is 0 Å². The third-order valence-electron chi connectivity index (χ3n) is 1.72. The summed E-state index contributed by atoms with van der Waals surface area (Å²) in [5, 5.41) is 18.1. The van der Waals surface area contributed by atoms with E-state index in [9.17, 15) is 9.90 Å². The molecule has 0 saturated carbocycles. The van der Waals surface area contributed by atoms with Gasteiger partial charge < -0.3 is 14.9 Å². The standard InChI is InChI=1S/C9H9BrO4/c1-14-6-3-2-5(4-7(11)12)8(10)9(6)13/h2-3,13H,4H2,1H3,(H,11,12). The molecule has 0 radical (unpaired) electrons. The highest BCUT2D eigenvalue weighted by Gasteiger charge is 2.12. The molecule has 0 spiro atoms. The van der Waals surface area contributed by atoms with Crippen LogP contribution in [0.5, 0.6) is 11.5 Å². The summed E-state index contributed by atoms with van der Waals surface area (Å²) >= 11 is 3.11. The first kappa shape index (κ1) is 10.8. The lowest BCUT2D eigenvalue weighted by molar-refractivity contribution is -0.136. The van der Waals surface area contributed by atoms with E-state index in [1.165, 1.54) is 13.2 Å². The summed E-state index contributed by atoms with van der Waals surface area (Å²) in [6.07, 6.45) is -0.141. The summed E-state index contributed by atoms with van der Waals surface area (Å²) in [7, 11) is 1.43. The maximum Gasteiger partial charge on any atom is 0.307 e. The van der Waals surface area contributed by atoms with E-state index >= 15 is 0 Å². The number of hydrogen-bond acceptors (Lipinski definition) is 3. The van der Waals surface area contributed by atoms with Gasteiger partial charge >= 0.3 is 5.97 Å². The summed E-state index contributed by atoms with van der Waals surface area (Å²) < 4.78 is 5.22. The number of methoxy groups -OCH3 is 1. The Bertz CT molecular complexity index is 362. The Labute approximate surface area is 89.3 Å². The summed E-state index contributed by atoms with van der Waals surface area (Å²) in [6.45, 7) is 0. The molecular formula is C9H9BrO4. The first-order valence-corrected chi connectivity index (χ1v) is 4.61. The van der Waals surface area contributed by atoms with Crippen LogP contribution in [0.4, 0.5) is 0 Å². The van der Waals surface area contributed by atoms with Crippen LogP contribution >= 0.6 is 15.9 Å². The molecule has 2 N–H and O–H groups in total. The van der Waals surface area contributed by atoms with Gasteiger partial charge in [-0.3, -0.25) is 4.79 Å². The smallest absolute Gasteiger partial charge is 0.307 e. The number of aliphatic carboxylic acids is 1. The van der Waals surface area contributed by atoms with Crippen LogP contribution in [0.25, 0.3) is 0 Å². The molecule has 0 aliphatic heterocycles. The monoisotopic (exact) mass is 260 g/mol. The van der Waals surface area contributed by atoms with Crippen molar-refractivity contribution < 1.29 is 19.7 Å². The Morgan fingerprint density at radius 1 is 1.57 bits per heavy atom. The zero-order valence-electron chi connectivity index (χ0n) is 7.45. The molecule has 0 heterocycles. The summed E-state index contributed by atoms with van der Waals surface area (Å²) in [6, 6.07) is 3.12. The molecule has 5 heteroatoms. The molecule has 0 saturated heterocycles. The van der Waals surface area contributed by atoms with Gasteiger partial charge in [-0.1, -0.05) is 6.07 Å². The highest BCUT2D eigenvalue weighted by Crippen LogP contribution is 2.36. The van der Waals surface area contributed by atoms with Crippen molar-refractivity contribution in [3.8, 4) is 11.5 Å². The van der Waals surface area contributed by atoms with Gasteiger partial charge in [0.2, 0.25) is 0 Å². The lowest BCUT2D eigenvalue weighted by Gasteiger charge is -2.08. The van der Waals surface area contributed by atoms with Gasteiger partial charge in [-0.15, -0.1) is 0 Å². The molecule has 14 heavy (non-hydrogen) atoms. The Morgan fingerprint density at radius 3 is 2.71 bits per heavy atom. The molecule has 0 amide bonds. The second-order valence-electron chi connectivity index (χ2n) is 2.66. The molecule has 0 atom stereocenters. The molecule has 76 valence electrons. The van der Waals surface area contributed by atoms with Crippen molar-refractivity contribution in [3.05, 3.63) is 22.2 Å². The van der Waals surface area contributed by atoms with Crippen LogP contribution in [0.15, 0.2) is 16.6 Å². The fourth-order valence-corrected chi connectivity index (χ4v) is 1.52. The average molecular weight is 261 g/mol. The number of aromatic hydroxyl groups is 1. The van der Waals surface area contributed by atoms with Crippen LogP contribution in [0.1, 0.15) is 5.56 Å². The minimum atomic E-state index is -0.949. The van der Waals surface area contributed by atoms with Crippen molar-refractivity contribution in [2.24, 2.45) is 0 Å². The first-order chi connectivity index (χ1) is 6.56. The largest absolute Gasteiger partial charge is 0.503 e. The van der Waals surface area contributed by atoms with E-state index in [-0.39, 0.29) is 12.2 Å². The van der Waals surface area contributed by atoms with Crippen molar-refractivity contribution in [2.75, 3.05) is 7.11 Å². The number of carbonyl (C=O) groups is 1. The number of carboxylic acids is 1. The van der Waals surface area contributed by atoms with E-state index in [4.69, 9.17) is 9.84 Å². The van der Waals surface area contributed by atoms with Crippen LogP contribution in [0.3, 0.4) is 0 Å². The van der Waals surface area contributed by atoms with Crippen molar-refractivity contribution in [3.63, 3.8) is 0 Å². The van der Waals surface area contributed by atoms with Crippen LogP contribution < -0.4 is 4.74 Å². The van der Waals surface area contributed by atoms with Gasteiger partial charge in [-0.05, 0) is 27.6 Å². The van der Waals surface area contributed by atoms with Crippen LogP contribution in [-0.2, 0) is 11.2 Å². The van der Waals surface area contributed by atoms with E-state index in [1.54, 1.807) is 6.07 Å². The number of ether oxygens (including phenoxy) is 1. The third-order valence-corrected chi connectivity index (χ3v) is 2.61. The second-order valence-corrected chi connectivity index (χ2v) is 3.45. The van der Waals surface area contributed by atoms with Crippen LogP contribution in [0.2, 0.25) is 0 Å².